The van der Waals surface area contributed by atoms with E-state index < -0.39 is 0 Å². The summed E-state index contributed by atoms with van der Waals surface area (Å²) in [5, 5.41) is 15.3. The molecule has 2 N–H and O–H groups in total. The second-order valence-electron chi connectivity index (χ2n) is 8.53. The molecule has 2 fully saturated rings. The van der Waals surface area contributed by atoms with E-state index in [-0.39, 0.29) is 12.1 Å². The number of anilines is 1. The molecule has 0 aromatic heterocycles. The Morgan fingerprint density at radius 3 is 2.46 bits per heavy atom. The van der Waals surface area contributed by atoms with Crippen LogP contribution in [0.3, 0.4) is 0 Å². The molecule has 6 heteroatoms. The van der Waals surface area contributed by atoms with Gasteiger partial charge in [-0.1, -0.05) is 0 Å². The molecule has 2 unspecified atom stereocenters. The quantitative estimate of drug-likeness (QED) is 0.710. The molecule has 2 aliphatic rings. The van der Waals surface area contributed by atoms with Crippen LogP contribution in [0, 0.1) is 23.2 Å². The molecule has 1 heterocycles. The Balaban J connectivity index is 1.42. The summed E-state index contributed by atoms with van der Waals surface area (Å²) in [6.45, 7) is 8.22. The number of nitriles is 1. The molecule has 6 nitrogen and oxygen atoms in total. The van der Waals surface area contributed by atoms with Crippen molar-refractivity contribution in [2.24, 2.45) is 11.8 Å². The molecule has 3 rings (SSSR count). The minimum absolute atomic E-state index is 0.0666. The fourth-order valence-electron chi connectivity index (χ4n) is 4.79. The zero-order valence-electron chi connectivity index (χ0n) is 17.3. The Morgan fingerprint density at radius 1 is 1.25 bits per heavy atom. The Labute approximate surface area is 168 Å². The van der Waals surface area contributed by atoms with E-state index in [1.807, 2.05) is 50.1 Å². The molecular formula is C22H33N5O. The standard InChI is InChI=1S/C22H33N5O/c1-16(2)25-22(28)26(3)21-18-7-8-19(21)15-27(14-18)12-4-11-24-20-9-5-17(13-23)6-10-20/h5-6,9-10,16,18-19,21,24H,4,7-8,11-12,14-15H2,1-3H3,(H,25,28). The van der Waals surface area contributed by atoms with E-state index in [2.05, 4.69) is 21.6 Å². The third kappa shape index (κ3) is 4.96. The number of piperidine rings is 1. The molecule has 1 aromatic rings. The van der Waals surface area contributed by atoms with Crippen molar-refractivity contribution in [3.8, 4) is 6.07 Å². The molecule has 1 saturated heterocycles. The molecule has 2 atom stereocenters. The van der Waals surface area contributed by atoms with Crippen LogP contribution >= 0.6 is 0 Å². The van der Waals surface area contributed by atoms with Crippen molar-refractivity contribution in [3.63, 3.8) is 0 Å². The summed E-state index contributed by atoms with van der Waals surface area (Å²) in [5.74, 6) is 1.18. The second-order valence-corrected chi connectivity index (χ2v) is 8.53. The van der Waals surface area contributed by atoms with Crippen LogP contribution in [0.25, 0.3) is 0 Å². The lowest BCUT2D eigenvalue weighted by atomic mass is 9.91. The SMILES string of the molecule is CC(C)NC(=O)N(C)C1C2CCC1CN(CCCNc1ccc(C#N)cc1)C2. The first kappa shape index (κ1) is 20.5. The van der Waals surface area contributed by atoms with Crippen LogP contribution < -0.4 is 10.6 Å². The van der Waals surface area contributed by atoms with Crippen LogP contribution in [0.4, 0.5) is 10.5 Å². The number of benzene rings is 1. The molecular weight excluding hydrogens is 350 g/mol. The van der Waals surface area contributed by atoms with Gasteiger partial charge >= 0.3 is 6.03 Å². The van der Waals surface area contributed by atoms with Gasteiger partial charge in [-0.05, 0) is 75.8 Å². The molecule has 152 valence electrons. The Bertz CT molecular complexity index is 682. The molecule has 0 spiro atoms. The van der Waals surface area contributed by atoms with Gasteiger partial charge in [0.1, 0.15) is 0 Å². The fraction of sp³-hybridized carbons (Fsp3) is 0.636. The van der Waals surface area contributed by atoms with Gasteiger partial charge in [-0.15, -0.1) is 0 Å². The zero-order chi connectivity index (χ0) is 20.1. The van der Waals surface area contributed by atoms with Crippen molar-refractivity contribution in [2.45, 2.75) is 45.2 Å². The summed E-state index contributed by atoms with van der Waals surface area (Å²) >= 11 is 0. The number of nitrogens with zero attached hydrogens (tertiary/aromatic N) is 3. The molecule has 1 saturated carbocycles. The molecule has 1 aromatic carbocycles. The van der Waals surface area contributed by atoms with Gasteiger partial charge in [0.25, 0.3) is 0 Å². The van der Waals surface area contributed by atoms with Crippen LogP contribution in [-0.4, -0.2) is 61.1 Å². The average Bonchev–Trinajstić information content (AvgIpc) is 2.94. The Morgan fingerprint density at radius 2 is 1.89 bits per heavy atom. The van der Waals surface area contributed by atoms with Gasteiger partial charge in [0, 0.05) is 44.5 Å². The third-order valence-corrected chi connectivity index (χ3v) is 6.03. The van der Waals surface area contributed by atoms with E-state index in [0.717, 1.165) is 38.3 Å². The predicted molar refractivity (Wildman–Crippen MR) is 112 cm³/mol. The summed E-state index contributed by atoms with van der Waals surface area (Å²) in [4.78, 5) is 17.0. The van der Waals surface area contributed by atoms with Gasteiger partial charge in [-0.2, -0.15) is 5.26 Å². The monoisotopic (exact) mass is 383 g/mol. The highest BCUT2D eigenvalue weighted by atomic mass is 16.2. The van der Waals surface area contributed by atoms with Gasteiger partial charge < -0.3 is 20.4 Å². The maximum atomic E-state index is 12.4. The van der Waals surface area contributed by atoms with Gasteiger partial charge in [-0.3, -0.25) is 0 Å². The first-order valence-electron chi connectivity index (χ1n) is 10.5. The van der Waals surface area contributed by atoms with E-state index in [1.54, 1.807) is 0 Å². The van der Waals surface area contributed by atoms with Crippen LogP contribution in [0.15, 0.2) is 24.3 Å². The minimum atomic E-state index is 0.0666. The van der Waals surface area contributed by atoms with E-state index in [9.17, 15) is 4.79 Å². The normalized spacial score (nSPS) is 24.0. The van der Waals surface area contributed by atoms with E-state index >= 15 is 0 Å². The molecule has 1 aliphatic heterocycles. The minimum Gasteiger partial charge on any atom is -0.385 e. The smallest absolute Gasteiger partial charge is 0.317 e. The Kier molecular flexibility index (Phi) is 6.79. The first-order chi connectivity index (χ1) is 13.5. The molecule has 2 amide bonds. The molecule has 28 heavy (non-hydrogen) atoms. The number of nitrogens with one attached hydrogen (secondary N) is 2. The van der Waals surface area contributed by atoms with Crippen LogP contribution in [0.2, 0.25) is 0 Å². The first-order valence-corrected chi connectivity index (χ1v) is 10.5. The van der Waals surface area contributed by atoms with Crippen molar-refractivity contribution in [1.29, 1.82) is 5.26 Å². The van der Waals surface area contributed by atoms with E-state index in [4.69, 9.17) is 5.26 Å². The van der Waals surface area contributed by atoms with Gasteiger partial charge in [-0.25, -0.2) is 4.79 Å². The number of amides is 2. The lowest BCUT2D eigenvalue weighted by Gasteiger charge is -2.42. The Hall–Kier alpha value is -2.26. The number of hydrogen-bond acceptors (Lipinski definition) is 4. The number of carbonyl (C=O) groups excluding carboxylic acids is 1. The zero-order valence-corrected chi connectivity index (χ0v) is 17.3. The van der Waals surface area contributed by atoms with Gasteiger partial charge in [0.15, 0.2) is 0 Å². The van der Waals surface area contributed by atoms with Crippen molar-refractivity contribution in [3.05, 3.63) is 29.8 Å². The number of carbonyl (C=O) groups is 1. The maximum absolute atomic E-state index is 12.4. The van der Waals surface area contributed by atoms with Gasteiger partial charge in [0.05, 0.1) is 11.6 Å². The van der Waals surface area contributed by atoms with Crippen molar-refractivity contribution in [1.82, 2.24) is 15.1 Å². The van der Waals surface area contributed by atoms with E-state index in [0.29, 0.717) is 23.4 Å². The highest BCUT2D eigenvalue weighted by molar-refractivity contribution is 5.74. The van der Waals surface area contributed by atoms with Gasteiger partial charge in [0.2, 0.25) is 0 Å². The van der Waals surface area contributed by atoms with Crippen molar-refractivity contribution in [2.75, 3.05) is 38.5 Å². The second kappa shape index (κ2) is 9.29. The molecule has 1 aliphatic carbocycles. The summed E-state index contributed by atoms with van der Waals surface area (Å²) in [6, 6.07) is 10.4. The third-order valence-electron chi connectivity index (χ3n) is 6.03. The highest BCUT2D eigenvalue weighted by Gasteiger charge is 2.44. The van der Waals surface area contributed by atoms with Crippen LogP contribution in [0.1, 0.15) is 38.7 Å². The summed E-state index contributed by atoms with van der Waals surface area (Å²) < 4.78 is 0. The van der Waals surface area contributed by atoms with E-state index in [1.165, 1.54) is 12.8 Å². The highest BCUT2D eigenvalue weighted by Crippen LogP contribution is 2.39. The van der Waals surface area contributed by atoms with Crippen LogP contribution in [0.5, 0.6) is 0 Å². The number of fused-ring (bicyclic) bond motifs is 2. The summed E-state index contributed by atoms with van der Waals surface area (Å²) in [7, 11) is 1.96. The lowest BCUT2D eigenvalue weighted by Crippen LogP contribution is -2.55. The fourth-order valence-corrected chi connectivity index (χ4v) is 4.79. The maximum Gasteiger partial charge on any atom is 0.317 e. The number of rotatable bonds is 7. The lowest BCUT2D eigenvalue weighted by molar-refractivity contribution is 0.0760. The summed E-state index contributed by atoms with van der Waals surface area (Å²) in [6.07, 6.45) is 3.55. The number of hydrogen-bond donors (Lipinski definition) is 2. The van der Waals surface area contributed by atoms with Crippen molar-refractivity contribution >= 4 is 11.7 Å². The number of likely N-dealkylation sites (tertiary alicyclic amines) is 1. The number of urea groups is 1. The molecule has 2 bridgehead atoms. The average molecular weight is 384 g/mol. The summed E-state index contributed by atoms with van der Waals surface area (Å²) in [5.41, 5.74) is 1.76. The largest absolute Gasteiger partial charge is 0.385 e. The van der Waals surface area contributed by atoms with Crippen LogP contribution in [-0.2, 0) is 0 Å². The predicted octanol–water partition coefficient (Wildman–Crippen LogP) is 3.12. The molecule has 0 radical (unpaired) electrons. The topological polar surface area (TPSA) is 71.4 Å². The van der Waals surface area contributed by atoms with Crippen molar-refractivity contribution < 1.29 is 4.79 Å².